The zero-order valence-electron chi connectivity index (χ0n) is 25.6. The summed E-state index contributed by atoms with van der Waals surface area (Å²) < 4.78 is 13.4. The van der Waals surface area contributed by atoms with Gasteiger partial charge in [0.2, 0.25) is 6.23 Å². The lowest BCUT2D eigenvalue weighted by atomic mass is 10.1. The molecule has 9 heteroatoms. The number of ether oxygens (including phenoxy) is 2. The maximum Gasteiger partial charge on any atom is 0.331 e. The number of amidine groups is 1. The standard InChI is InChI=1S/C36H34N4O5/c1-24-5-13-28(14-6-24)33-37-45-35(29-15-7-25(2)8-16-29)40(33)32-23-38(21-26-9-17-30(43-3)18-10-26)36(42)39(34(32)41)22-27-11-19-31(44-4)20-12-27/h5-20,23,35H,21-22H2,1-4H3. The summed E-state index contributed by atoms with van der Waals surface area (Å²) in [7, 11) is 3.20. The lowest BCUT2D eigenvalue weighted by Crippen LogP contribution is -2.45. The van der Waals surface area contributed by atoms with Crippen molar-refractivity contribution in [3.8, 4) is 11.5 Å². The van der Waals surface area contributed by atoms with E-state index < -0.39 is 17.5 Å². The molecule has 1 aromatic heterocycles. The van der Waals surface area contributed by atoms with Crippen LogP contribution in [0.4, 0.5) is 5.69 Å². The van der Waals surface area contributed by atoms with Crippen molar-refractivity contribution >= 4 is 11.5 Å². The molecule has 0 bridgehead atoms. The fourth-order valence-corrected chi connectivity index (χ4v) is 5.28. The van der Waals surface area contributed by atoms with Gasteiger partial charge in [0, 0.05) is 17.3 Å². The van der Waals surface area contributed by atoms with Crippen LogP contribution < -0.4 is 25.6 Å². The summed E-state index contributed by atoms with van der Waals surface area (Å²) in [6.07, 6.45) is 0.884. The summed E-state index contributed by atoms with van der Waals surface area (Å²) >= 11 is 0. The van der Waals surface area contributed by atoms with Crippen molar-refractivity contribution in [2.75, 3.05) is 19.1 Å². The van der Waals surface area contributed by atoms with Gasteiger partial charge in [-0.15, -0.1) is 0 Å². The predicted octanol–water partition coefficient (Wildman–Crippen LogP) is 5.64. The number of anilines is 1. The highest BCUT2D eigenvalue weighted by molar-refractivity contribution is 6.10. The van der Waals surface area contributed by atoms with Gasteiger partial charge in [0.15, 0.2) is 5.84 Å². The van der Waals surface area contributed by atoms with E-state index in [1.165, 1.54) is 4.57 Å². The van der Waals surface area contributed by atoms with Crippen LogP contribution >= 0.6 is 0 Å². The van der Waals surface area contributed by atoms with Crippen molar-refractivity contribution < 1.29 is 14.3 Å². The lowest BCUT2D eigenvalue weighted by molar-refractivity contribution is 0.0865. The Morgan fingerprint density at radius 1 is 0.711 bits per heavy atom. The fourth-order valence-electron chi connectivity index (χ4n) is 5.28. The van der Waals surface area contributed by atoms with Crippen molar-refractivity contribution in [2.24, 2.45) is 5.16 Å². The van der Waals surface area contributed by atoms with Crippen LogP contribution in [0, 0.1) is 13.8 Å². The fraction of sp³-hybridized carbons (Fsp3) is 0.194. The van der Waals surface area contributed by atoms with E-state index in [1.807, 2.05) is 111 Å². The van der Waals surface area contributed by atoms with Gasteiger partial charge >= 0.3 is 5.69 Å². The van der Waals surface area contributed by atoms with E-state index in [4.69, 9.17) is 14.3 Å². The Morgan fingerprint density at radius 2 is 1.24 bits per heavy atom. The molecule has 0 spiro atoms. The molecule has 1 aliphatic rings. The number of methoxy groups -OCH3 is 2. The first-order valence-corrected chi connectivity index (χ1v) is 14.6. The smallest absolute Gasteiger partial charge is 0.331 e. The zero-order valence-corrected chi connectivity index (χ0v) is 25.6. The second-order valence-electron chi connectivity index (χ2n) is 11.0. The Hall–Kier alpha value is -5.57. The van der Waals surface area contributed by atoms with Gasteiger partial charge in [-0.2, -0.15) is 0 Å². The number of benzene rings is 4. The maximum atomic E-state index is 14.4. The predicted molar refractivity (Wildman–Crippen MR) is 174 cm³/mol. The molecule has 1 atom stereocenters. The molecule has 0 saturated heterocycles. The Balaban J connectivity index is 1.52. The normalized spacial score (nSPS) is 14.2. The number of aryl methyl sites for hydroxylation is 2. The molecule has 1 aliphatic heterocycles. The van der Waals surface area contributed by atoms with E-state index in [0.717, 1.165) is 33.4 Å². The molecule has 0 amide bonds. The summed E-state index contributed by atoms with van der Waals surface area (Å²) in [5.41, 5.74) is 4.82. The minimum atomic E-state index is -0.726. The van der Waals surface area contributed by atoms with Gasteiger partial charge in [0.25, 0.3) is 5.56 Å². The molecule has 0 fully saturated rings. The van der Waals surface area contributed by atoms with Crippen molar-refractivity contribution in [2.45, 2.75) is 33.2 Å². The second kappa shape index (κ2) is 12.6. The zero-order chi connectivity index (χ0) is 31.5. The molecule has 0 radical (unpaired) electrons. The van der Waals surface area contributed by atoms with Crippen LogP contribution in [0.15, 0.2) is 118 Å². The van der Waals surface area contributed by atoms with Crippen molar-refractivity contribution in [3.63, 3.8) is 0 Å². The molecule has 45 heavy (non-hydrogen) atoms. The number of oxime groups is 1. The van der Waals surface area contributed by atoms with Crippen LogP contribution in [-0.2, 0) is 17.9 Å². The van der Waals surface area contributed by atoms with Crippen LogP contribution in [0.25, 0.3) is 0 Å². The maximum absolute atomic E-state index is 14.4. The van der Waals surface area contributed by atoms with E-state index in [1.54, 1.807) is 29.9 Å². The molecule has 0 saturated carbocycles. The van der Waals surface area contributed by atoms with Gasteiger partial charge in [0.05, 0.1) is 27.3 Å². The molecular formula is C36H34N4O5. The van der Waals surface area contributed by atoms with E-state index in [2.05, 4.69) is 5.16 Å². The second-order valence-corrected chi connectivity index (χ2v) is 11.0. The summed E-state index contributed by atoms with van der Waals surface area (Å²) in [5.74, 6) is 1.87. The summed E-state index contributed by atoms with van der Waals surface area (Å²) in [6.45, 7) is 4.33. The summed E-state index contributed by atoms with van der Waals surface area (Å²) in [4.78, 5) is 36.2. The molecule has 6 rings (SSSR count). The first-order chi connectivity index (χ1) is 21.8. The van der Waals surface area contributed by atoms with Gasteiger partial charge < -0.3 is 14.3 Å². The SMILES string of the molecule is COc1ccc(Cn2cc(N3C(c4ccc(C)cc4)=NOC3c3ccc(C)cc3)c(=O)n(Cc3ccc(OC)cc3)c2=O)cc1. The van der Waals surface area contributed by atoms with Gasteiger partial charge in [-0.3, -0.25) is 18.8 Å². The Labute approximate surface area is 261 Å². The quantitative estimate of drug-likeness (QED) is 0.217. The van der Waals surface area contributed by atoms with Crippen LogP contribution in [0.2, 0.25) is 0 Å². The molecule has 0 aliphatic carbocycles. The first-order valence-electron chi connectivity index (χ1n) is 14.6. The van der Waals surface area contributed by atoms with Crippen molar-refractivity contribution in [1.82, 2.24) is 9.13 Å². The van der Waals surface area contributed by atoms with Crippen LogP contribution in [0.5, 0.6) is 11.5 Å². The molecule has 2 heterocycles. The van der Waals surface area contributed by atoms with Gasteiger partial charge in [-0.25, -0.2) is 4.79 Å². The highest BCUT2D eigenvalue weighted by Gasteiger charge is 2.36. The van der Waals surface area contributed by atoms with Gasteiger partial charge in [-0.05, 0) is 49.2 Å². The highest BCUT2D eigenvalue weighted by Crippen LogP contribution is 2.34. The topological polar surface area (TPSA) is 87.3 Å². The van der Waals surface area contributed by atoms with E-state index in [9.17, 15) is 9.59 Å². The third kappa shape index (κ3) is 6.10. The van der Waals surface area contributed by atoms with Crippen LogP contribution in [0.1, 0.15) is 39.6 Å². The number of hydrogen-bond acceptors (Lipinski definition) is 7. The minimum Gasteiger partial charge on any atom is -0.497 e. The van der Waals surface area contributed by atoms with Crippen LogP contribution in [0.3, 0.4) is 0 Å². The van der Waals surface area contributed by atoms with Crippen molar-refractivity contribution in [3.05, 3.63) is 157 Å². The number of aromatic nitrogens is 2. The molecule has 228 valence electrons. The highest BCUT2D eigenvalue weighted by atomic mass is 16.7. The number of hydrogen-bond donors (Lipinski definition) is 0. The Kier molecular flexibility index (Phi) is 8.24. The monoisotopic (exact) mass is 602 g/mol. The number of nitrogens with zero attached hydrogens (tertiary/aromatic N) is 4. The summed E-state index contributed by atoms with van der Waals surface area (Å²) in [5, 5.41) is 4.48. The molecule has 4 aromatic carbocycles. The first kappa shape index (κ1) is 29.5. The minimum absolute atomic E-state index is 0.0685. The molecular weight excluding hydrogens is 568 g/mol. The molecule has 1 unspecified atom stereocenters. The lowest BCUT2D eigenvalue weighted by Gasteiger charge is -2.26. The average Bonchev–Trinajstić information content (AvgIpc) is 3.50. The van der Waals surface area contributed by atoms with Gasteiger partial charge in [-0.1, -0.05) is 89.1 Å². The number of rotatable bonds is 9. The Bertz CT molecular complexity index is 1940. The third-order valence-corrected chi connectivity index (χ3v) is 7.86. The largest absolute Gasteiger partial charge is 0.497 e. The third-order valence-electron chi connectivity index (χ3n) is 7.86. The van der Waals surface area contributed by atoms with E-state index in [0.29, 0.717) is 17.3 Å². The van der Waals surface area contributed by atoms with Crippen molar-refractivity contribution in [1.29, 1.82) is 0 Å². The van der Waals surface area contributed by atoms with E-state index >= 15 is 0 Å². The summed E-state index contributed by atoms with van der Waals surface area (Å²) in [6, 6.07) is 30.6. The molecule has 9 nitrogen and oxygen atoms in total. The molecule has 0 N–H and O–H groups in total. The average molecular weight is 603 g/mol. The Morgan fingerprint density at radius 3 is 1.80 bits per heavy atom. The van der Waals surface area contributed by atoms with Gasteiger partial charge in [0.1, 0.15) is 17.2 Å². The molecule has 5 aromatic rings. The van der Waals surface area contributed by atoms with E-state index in [-0.39, 0.29) is 18.8 Å². The van der Waals surface area contributed by atoms with Crippen LogP contribution in [-0.4, -0.2) is 29.2 Å².